The van der Waals surface area contributed by atoms with E-state index < -0.39 is 6.04 Å². The second-order valence-corrected chi connectivity index (χ2v) is 12.9. The number of aromatic nitrogens is 1. The first-order valence-electron chi connectivity index (χ1n) is 10.9. The van der Waals surface area contributed by atoms with Crippen LogP contribution in [0.1, 0.15) is 0 Å². The van der Waals surface area contributed by atoms with Gasteiger partial charge in [0.05, 0.1) is 0 Å². The van der Waals surface area contributed by atoms with E-state index in [-0.39, 0.29) is 0 Å². The Morgan fingerprint density at radius 2 is 1.25 bits per heavy atom. The van der Waals surface area contributed by atoms with Gasteiger partial charge < -0.3 is 4.57 Å². The van der Waals surface area contributed by atoms with E-state index in [1.807, 2.05) is 0 Å². The minimum Gasteiger partial charge on any atom is -0.344 e. The highest BCUT2D eigenvalue weighted by molar-refractivity contribution is 8.26. The Kier molecular flexibility index (Phi) is 3.69. The summed E-state index contributed by atoms with van der Waals surface area (Å²) in [6.45, 7) is 0. The highest BCUT2D eigenvalue weighted by Gasteiger charge is 2.37. The number of fused-ring (bicyclic) bond motifs is 7. The van der Waals surface area contributed by atoms with E-state index in [2.05, 4.69) is 115 Å². The van der Waals surface area contributed by atoms with Gasteiger partial charge in [0, 0.05) is 50.8 Å². The summed E-state index contributed by atoms with van der Waals surface area (Å²) < 4.78 is 2.31. The first kappa shape index (κ1) is 18.4. The summed E-state index contributed by atoms with van der Waals surface area (Å²) in [5, 5.41) is 9.07. The zero-order chi connectivity index (χ0) is 21.4. The molecule has 0 N–H and O–H groups in total. The Labute approximate surface area is 191 Å². The topological polar surface area (TPSA) is 4.93 Å². The van der Waals surface area contributed by atoms with Gasteiger partial charge in [0.2, 0.25) is 0 Å². The lowest BCUT2D eigenvalue weighted by Gasteiger charge is -2.22. The molecule has 32 heavy (non-hydrogen) atoms. The summed E-state index contributed by atoms with van der Waals surface area (Å²) in [5.41, 5.74) is 5.13. The summed E-state index contributed by atoms with van der Waals surface area (Å²) in [6.07, 6.45) is 0. The number of aryl methyl sites for hydroxylation is 1. The van der Waals surface area contributed by atoms with E-state index in [0.29, 0.717) is 0 Å². The Balaban J connectivity index is 1.67. The quantitative estimate of drug-likeness (QED) is 0.272. The predicted octanol–water partition coefficient (Wildman–Crippen LogP) is 6.22. The van der Waals surface area contributed by atoms with E-state index in [1.54, 1.807) is 0 Å². The first-order valence-corrected chi connectivity index (χ1v) is 13.7. The summed E-state index contributed by atoms with van der Waals surface area (Å²) in [6, 6.07) is 35.4. The van der Waals surface area contributed by atoms with Crippen molar-refractivity contribution in [1.82, 2.24) is 4.57 Å². The monoisotopic (exact) mass is 445 g/mol. The molecule has 0 saturated carbocycles. The molecule has 0 amide bonds. The Morgan fingerprint density at radius 1 is 0.562 bits per heavy atom. The van der Waals surface area contributed by atoms with Gasteiger partial charge in [-0.05, 0) is 40.1 Å². The van der Waals surface area contributed by atoms with Gasteiger partial charge in [0.1, 0.15) is 0 Å². The lowest BCUT2D eigenvalue weighted by molar-refractivity contribution is 1.01. The van der Waals surface area contributed by atoms with Gasteiger partial charge in [0.15, 0.2) is 0 Å². The summed E-state index contributed by atoms with van der Waals surface area (Å²) in [7, 11) is 2.17. The standard InChI is InChI=1S/C29H20NPS/c1-30-25-14-6-4-12-21(25)23-18-29-24(17-26(23)30)22-13-5-7-15-28(22)31(29,32)27-16-8-10-19-9-2-3-11-20(19)27/h2-18H,1H3. The lowest BCUT2D eigenvalue weighted by atomic mass is 10.0. The zero-order valence-corrected chi connectivity index (χ0v) is 19.3. The van der Waals surface area contributed by atoms with E-state index in [4.69, 9.17) is 11.8 Å². The van der Waals surface area contributed by atoms with Crippen LogP contribution in [0.3, 0.4) is 0 Å². The van der Waals surface area contributed by atoms with Crippen molar-refractivity contribution < 1.29 is 0 Å². The molecule has 1 atom stereocenters. The van der Waals surface area contributed by atoms with Gasteiger partial charge in [-0.1, -0.05) is 96.7 Å². The van der Waals surface area contributed by atoms with Crippen molar-refractivity contribution in [1.29, 1.82) is 0 Å². The van der Waals surface area contributed by atoms with Crippen molar-refractivity contribution in [2.24, 2.45) is 7.05 Å². The molecule has 0 bridgehead atoms. The number of benzene rings is 5. The highest BCUT2D eigenvalue weighted by atomic mass is 32.4. The van der Waals surface area contributed by atoms with Crippen molar-refractivity contribution in [2.45, 2.75) is 0 Å². The molecule has 1 unspecified atom stereocenters. The third-order valence-electron chi connectivity index (χ3n) is 7.01. The molecular formula is C29H20NPS. The normalized spacial score (nSPS) is 17.2. The van der Waals surface area contributed by atoms with Crippen LogP contribution in [0, 0.1) is 0 Å². The number of para-hydroxylation sites is 1. The second kappa shape index (κ2) is 6.42. The minimum absolute atomic E-state index is 1.26. The molecule has 7 rings (SSSR count). The van der Waals surface area contributed by atoms with E-state index in [9.17, 15) is 0 Å². The van der Waals surface area contributed by atoms with Crippen molar-refractivity contribution >= 4 is 66.3 Å². The Hall–Kier alpha value is -3.19. The van der Waals surface area contributed by atoms with E-state index in [1.165, 1.54) is 59.6 Å². The fraction of sp³-hybridized carbons (Fsp3) is 0.0345. The van der Waals surface area contributed by atoms with Gasteiger partial charge >= 0.3 is 0 Å². The average Bonchev–Trinajstić information content (AvgIpc) is 3.27. The Morgan fingerprint density at radius 3 is 2.16 bits per heavy atom. The molecule has 0 radical (unpaired) electrons. The molecule has 2 heterocycles. The number of rotatable bonds is 1. The molecule has 6 aromatic rings. The van der Waals surface area contributed by atoms with E-state index >= 15 is 0 Å². The largest absolute Gasteiger partial charge is 0.344 e. The van der Waals surface area contributed by atoms with Crippen molar-refractivity contribution in [3.8, 4) is 11.1 Å². The maximum atomic E-state index is 6.77. The van der Waals surface area contributed by atoms with Crippen LogP contribution < -0.4 is 15.9 Å². The molecule has 0 saturated heterocycles. The predicted molar refractivity (Wildman–Crippen MR) is 143 cm³/mol. The molecule has 152 valence electrons. The maximum absolute atomic E-state index is 6.77. The molecule has 0 aliphatic carbocycles. The van der Waals surface area contributed by atoms with Crippen LogP contribution in [0.15, 0.2) is 103 Å². The molecule has 3 heteroatoms. The van der Waals surface area contributed by atoms with Gasteiger partial charge in [-0.3, -0.25) is 0 Å². The molecule has 1 aliphatic heterocycles. The SMILES string of the molecule is Cn1c2ccccc2c2cc3c(cc21)-c1ccccc1P3(=S)c1cccc2ccccc12. The maximum Gasteiger partial charge on any atom is 0.0495 e. The molecular weight excluding hydrogens is 425 g/mol. The van der Waals surface area contributed by atoms with Gasteiger partial charge in [-0.25, -0.2) is 0 Å². The van der Waals surface area contributed by atoms with Gasteiger partial charge in [-0.15, -0.1) is 0 Å². The van der Waals surface area contributed by atoms with Crippen molar-refractivity contribution in [3.63, 3.8) is 0 Å². The molecule has 5 aromatic carbocycles. The fourth-order valence-corrected chi connectivity index (χ4v) is 10.2. The average molecular weight is 446 g/mol. The molecule has 1 nitrogen and oxygen atoms in total. The van der Waals surface area contributed by atoms with E-state index in [0.717, 1.165) is 0 Å². The number of hydrogen-bond acceptors (Lipinski definition) is 1. The number of hydrogen-bond donors (Lipinski definition) is 0. The molecule has 1 aliphatic rings. The highest BCUT2D eigenvalue weighted by Crippen LogP contribution is 2.54. The van der Waals surface area contributed by atoms with Crippen LogP contribution in [0.5, 0.6) is 0 Å². The van der Waals surface area contributed by atoms with Crippen LogP contribution in [-0.4, -0.2) is 4.57 Å². The van der Waals surface area contributed by atoms with Crippen LogP contribution in [0.4, 0.5) is 0 Å². The zero-order valence-electron chi connectivity index (χ0n) is 17.6. The number of nitrogens with zero attached hydrogens (tertiary/aromatic N) is 1. The summed E-state index contributed by atoms with van der Waals surface area (Å²) in [5.74, 6) is 0. The second-order valence-electron chi connectivity index (χ2n) is 8.59. The van der Waals surface area contributed by atoms with Crippen molar-refractivity contribution in [2.75, 3.05) is 0 Å². The van der Waals surface area contributed by atoms with Gasteiger partial charge in [0.25, 0.3) is 0 Å². The lowest BCUT2D eigenvalue weighted by Crippen LogP contribution is -2.21. The Bertz CT molecular complexity index is 1770. The third kappa shape index (κ3) is 2.21. The molecule has 0 fully saturated rings. The fourth-order valence-electron chi connectivity index (χ4n) is 5.52. The molecule has 1 aromatic heterocycles. The third-order valence-corrected chi connectivity index (χ3v) is 12.0. The minimum atomic E-state index is -2.20. The van der Waals surface area contributed by atoms with Crippen LogP contribution in [0.2, 0.25) is 0 Å². The summed E-state index contributed by atoms with van der Waals surface area (Å²) in [4.78, 5) is 0. The summed E-state index contributed by atoms with van der Waals surface area (Å²) >= 11 is 6.77. The van der Waals surface area contributed by atoms with Crippen LogP contribution in [-0.2, 0) is 18.9 Å². The first-order chi connectivity index (χ1) is 15.7. The van der Waals surface area contributed by atoms with Crippen LogP contribution >= 0.6 is 6.04 Å². The molecule has 0 spiro atoms. The smallest absolute Gasteiger partial charge is 0.0495 e. The van der Waals surface area contributed by atoms with Crippen LogP contribution in [0.25, 0.3) is 43.7 Å². The van der Waals surface area contributed by atoms with Gasteiger partial charge in [-0.2, -0.15) is 0 Å². The van der Waals surface area contributed by atoms with Crippen molar-refractivity contribution in [3.05, 3.63) is 103 Å².